The van der Waals surface area contributed by atoms with Crippen LogP contribution in [0.3, 0.4) is 0 Å². The third-order valence-electron chi connectivity index (χ3n) is 3.53. The highest BCUT2D eigenvalue weighted by Gasteiger charge is 2.22. The van der Waals surface area contributed by atoms with Gasteiger partial charge < -0.3 is 4.74 Å². The molecule has 2 heteroatoms. The molecule has 0 aliphatic carbocycles. The Balaban J connectivity index is 2.17. The van der Waals surface area contributed by atoms with Gasteiger partial charge in [0.1, 0.15) is 0 Å². The molecule has 0 aliphatic heterocycles. The summed E-state index contributed by atoms with van der Waals surface area (Å²) in [5.74, 6) is 0.486. The van der Waals surface area contributed by atoms with Crippen LogP contribution in [-0.4, -0.2) is 20.0 Å². The van der Waals surface area contributed by atoms with Crippen LogP contribution in [0.25, 0.3) is 0 Å². The minimum atomic E-state index is 0.469. The molecule has 0 N–H and O–H groups in total. The van der Waals surface area contributed by atoms with Crippen molar-refractivity contribution in [2.45, 2.75) is 11.7 Å². The maximum Gasteiger partial charge on any atom is 0.0507 e. The Morgan fingerprint density at radius 1 is 0.950 bits per heavy atom. The molecule has 0 unspecified atom stereocenters. The van der Waals surface area contributed by atoms with Crippen molar-refractivity contribution in [2.75, 3.05) is 20.0 Å². The molecule has 2 rings (SSSR count). The zero-order valence-electron chi connectivity index (χ0n) is 12.2. The summed E-state index contributed by atoms with van der Waals surface area (Å²) in [6.45, 7) is 0.787. The molecule has 2 atom stereocenters. The fourth-order valence-corrected chi connectivity index (χ4v) is 3.62. The average Bonchev–Trinajstić information content (AvgIpc) is 2.50. The topological polar surface area (TPSA) is 9.23 Å². The second-order valence-electron chi connectivity index (χ2n) is 4.97. The molecule has 2 aromatic carbocycles. The summed E-state index contributed by atoms with van der Waals surface area (Å²) in [5, 5.41) is 0.469. The van der Waals surface area contributed by atoms with E-state index in [9.17, 15) is 0 Å². The van der Waals surface area contributed by atoms with Gasteiger partial charge in [-0.05, 0) is 23.8 Å². The predicted molar refractivity (Wildman–Crippen MR) is 88.2 cm³/mol. The highest BCUT2D eigenvalue weighted by molar-refractivity contribution is 7.98. The van der Waals surface area contributed by atoms with E-state index in [0.717, 1.165) is 13.0 Å². The number of rotatable bonds is 7. The smallest absolute Gasteiger partial charge is 0.0507 e. The maximum atomic E-state index is 5.47. The fourth-order valence-electron chi connectivity index (χ4n) is 2.63. The van der Waals surface area contributed by atoms with Crippen LogP contribution in [0.2, 0.25) is 0 Å². The van der Waals surface area contributed by atoms with Crippen LogP contribution in [0, 0.1) is 5.92 Å². The van der Waals surface area contributed by atoms with Crippen LogP contribution >= 0.6 is 11.8 Å². The second kappa shape index (κ2) is 8.13. The molecule has 1 nitrogen and oxygen atoms in total. The number of thioether (sulfide) groups is 1. The molecular weight excluding hydrogens is 264 g/mol. The first-order valence-electron chi connectivity index (χ1n) is 6.95. The van der Waals surface area contributed by atoms with Gasteiger partial charge in [0.05, 0.1) is 6.61 Å². The summed E-state index contributed by atoms with van der Waals surface area (Å²) >= 11 is 1.91. The third-order valence-corrected chi connectivity index (χ3v) is 4.70. The van der Waals surface area contributed by atoms with Crippen molar-refractivity contribution >= 4 is 11.8 Å². The molecule has 0 radical (unpaired) electrons. The summed E-state index contributed by atoms with van der Waals surface area (Å²) in [4.78, 5) is 0. The van der Waals surface area contributed by atoms with Crippen molar-refractivity contribution < 1.29 is 4.74 Å². The van der Waals surface area contributed by atoms with E-state index in [1.807, 2.05) is 11.8 Å². The highest BCUT2D eigenvalue weighted by Crippen LogP contribution is 2.36. The van der Waals surface area contributed by atoms with Crippen molar-refractivity contribution in [3.63, 3.8) is 0 Å². The summed E-state index contributed by atoms with van der Waals surface area (Å²) in [6.07, 6.45) is 3.24. The van der Waals surface area contributed by atoms with E-state index in [1.54, 1.807) is 7.11 Å². The van der Waals surface area contributed by atoms with Crippen molar-refractivity contribution in [1.82, 2.24) is 0 Å². The van der Waals surface area contributed by atoms with Gasteiger partial charge in [0.25, 0.3) is 0 Å². The molecule has 0 aromatic heterocycles. The van der Waals surface area contributed by atoms with Crippen molar-refractivity contribution in [3.8, 4) is 0 Å². The standard InChI is InChI=1S/C18H22OS/c1-19-14-17(13-15-9-5-3-6-10-15)18(20-2)16-11-7-4-8-12-16/h3-12,17-18H,13-14H2,1-2H3/t17-,18+/m1/s1. The molecule has 0 spiro atoms. The summed E-state index contributed by atoms with van der Waals surface area (Å²) in [7, 11) is 1.79. The van der Waals surface area contributed by atoms with Crippen LogP contribution in [-0.2, 0) is 11.2 Å². The molecule has 20 heavy (non-hydrogen) atoms. The van der Waals surface area contributed by atoms with Crippen molar-refractivity contribution in [3.05, 3.63) is 71.8 Å². The Hall–Kier alpha value is -1.25. The SMILES string of the molecule is COC[C@@H](Cc1ccccc1)[C@@H](SC)c1ccccc1. The number of benzene rings is 2. The lowest BCUT2D eigenvalue weighted by Gasteiger charge is -2.26. The van der Waals surface area contributed by atoms with Gasteiger partial charge in [-0.15, -0.1) is 0 Å². The van der Waals surface area contributed by atoms with E-state index >= 15 is 0 Å². The normalized spacial score (nSPS) is 13.9. The Labute approximate surface area is 126 Å². The molecule has 0 bridgehead atoms. The third kappa shape index (κ3) is 4.12. The number of hydrogen-bond donors (Lipinski definition) is 0. The van der Waals surface area contributed by atoms with Gasteiger partial charge in [0.2, 0.25) is 0 Å². The lowest BCUT2D eigenvalue weighted by molar-refractivity contribution is 0.150. The Kier molecular flexibility index (Phi) is 6.16. The van der Waals surface area contributed by atoms with Crippen molar-refractivity contribution in [2.24, 2.45) is 5.92 Å². The fraction of sp³-hybridized carbons (Fsp3) is 0.333. The average molecular weight is 286 g/mol. The first-order valence-corrected chi connectivity index (χ1v) is 8.24. The Bertz CT molecular complexity index is 483. The van der Waals surface area contributed by atoms with Gasteiger partial charge in [-0.1, -0.05) is 60.7 Å². The molecule has 0 heterocycles. The molecule has 0 saturated heterocycles. The van der Waals surface area contributed by atoms with E-state index in [2.05, 4.69) is 66.9 Å². The molecular formula is C18H22OS. The lowest BCUT2D eigenvalue weighted by atomic mass is 9.92. The van der Waals surface area contributed by atoms with E-state index in [4.69, 9.17) is 4.74 Å². The van der Waals surface area contributed by atoms with E-state index < -0.39 is 0 Å². The zero-order chi connectivity index (χ0) is 14.2. The van der Waals surface area contributed by atoms with Crippen LogP contribution < -0.4 is 0 Å². The minimum absolute atomic E-state index is 0.469. The molecule has 0 amide bonds. The summed E-state index contributed by atoms with van der Waals surface area (Å²) < 4.78 is 5.47. The van der Waals surface area contributed by atoms with Gasteiger partial charge in [-0.25, -0.2) is 0 Å². The molecule has 0 fully saturated rings. The molecule has 0 saturated carbocycles. The van der Waals surface area contributed by atoms with E-state index in [1.165, 1.54) is 11.1 Å². The largest absolute Gasteiger partial charge is 0.384 e. The van der Waals surface area contributed by atoms with Crippen LogP contribution in [0.15, 0.2) is 60.7 Å². The molecule has 0 aliphatic rings. The maximum absolute atomic E-state index is 5.47. The second-order valence-corrected chi connectivity index (χ2v) is 5.95. The van der Waals surface area contributed by atoms with Crippen LogP contribution in [0.1, 0.15) is 16.4 Å². The van der Waals surface area contributed by atoms with Gasteiger partial charge in [0.15, 0.2) is 0 Å². The van der Waals surface area contributed by atoms with Crippen molar-refractivity contribution in [1.29, 1.82) is 0 Å². The minimum Gasteiger partial charge on any atom is -0.384 e. The summed E-state index contributed by atoms with van der Waals surface area (Å²) in [5.41, 5.74) is 2.77. The first-order chi connectivity index (χ1) is 9.85. The number of ether oxygens (including phenoxy) is 1. The molecule has 106 valence electrons. The quantitative estimate of drug-likeness (QED) is 0.736. The predicted octanol–water partition coefficient (Wildman–Crippen LogP) is 4.60. The number of hydrogen-bond acceptors (Lipinski definition) is 2. The Morgan fingerprint density at radius 3 is 2.10 bits per heavy atom. The van der Waals surface area contributed by atoms with E-state index in [-0.39, 0.29) is 0 Å². The van der Waals surface area contributed by atoms with Gasteiger partial charge in [0, 0.05) is 18.3 Å². The van der Waals surface area contributed by atoms with Crippen LogP contribution in [0.5, 0.6) is 0 Å². The lowest BCUT2D eigenvalue weighted by Crippen LogP contribution is -2.18. The van der Waals surface area contributed by atoms with Gasteiger partial charge in [-0.2, -0.15) is 11.8 Å². The first kappa shape index (κ1) is 15.1. The zero-order valence-corrected chi connectivity index (χ0v) is 13.0. The molecule has 2 aromatic rings. The Morgan fingerprint density at radius 2 is 1.55 bits per heavy atom. The summed E-state index contributed by atoms with van der Waals surface area (Å²) in [6, 6.07) is 21.4. The van der Waals surface area contributed by atoms with E-state index in [0.29, 0.717) is 11.2 Å². The highest BCUT2D eigenvalue weighted by atomic mass is 32.2. The van der Waals surface area contributed by atoms with Crippen LogP contribution in [0.4, 0.5) is 0 Å². The number of methoxy groups -OCH3 is 1. The van der Waals surface area contributed by atoms with Gasteiger partial charge in [-0.3, -0.25) is 0 Å². The van der Waals surface area contributed by atoms with Gasteiger partial charge >= 0.3 is 0 Å². The monoisotopic (exact) mass is 286 g/mol.